The van der Waals surface area contributed by atoms with E-state index < -0.39 is 0 Å². The van der Waals surface area contributed by atoms with Crippen molar-refractivity contribution >= 4 is 35.1 Å². The van der Waals surface area contributed by atoms with Crippen molar-refractivity contribution in [1.82, 2.24) is 9.78 Å². The number of aromatic amines is 1. The van der Waals surface area contributed by atoms with E-state index in [9.17, 15) is 9.59 Å². The first kappa shape index (κ1) is 20.7. The minimum absolute atomic E-state index is 0.214. The molecular weight excluding hydrogens is 386 g/mol. The summed E-state index contributed by atoms with van der Waals surface area (Å²) in [5.41, 5.74) is 1.97. The van der Waals surface area contributed by atoms with Gasteiger partial charge in [-0.1, -0.05) is 38.1 Å². The first-order valence-corrected chi connectivity index (χ1v) is 10.4. The highest BCUT2D eigenvalue weighted by molar-refractivity contribution is 7.16. The third kappa shape index (κ3) is 4.19. The average Bonchev–Trinajstić information content (AvgIpc) is 3.17. The summed E-state index contributed by atoms with van der Waals surface area (Å²) < 4.78 is 6.68. The van der Waals surface area contributed by atoms with Crippen LogP contribution in [0.5, 0.6) is 0 Å². The number of nitrogens with zero attached hydrogens (tertiary/aromatic N) is 1. The molecule has 0 saturated heterocycles. The number of H-pyrrole nitrogens is 1. The van der Waals surface area contributed by atoms with Crippen LogP contribution >= 0.6 is 11.3 Å². The molecule has 0 aliphatic heterocycles. The van der Waals surface area contributed by atoms with Crippen LogP contribution in [0.2, 0.25) is 0 Å². The fourth-order valence-corrected chi connectivity index (χ4v) is 4.38. The number of esters is 1. The molecule has 1 aromatic carbocycles. The van der Waals surface area contributed by atoms with Crippen LogP contribution in [0.3, 0.4) is 0 Å². The Hall–Kier alpha value is -3.06. The molecule has 29 heavy (non-hydrogen) atoms. The molecule has 0 aliphatic rings. The molecule has 3 aromatic rings. The van der Waals surface area contributed by atoms with Crippen LogP contribution in [0, 0.1) is 6.92 Å². The summed E-state index contributed by atoms with van der Waals surface area (Å²) in [6.45, 7) is 10.1. The molecule has 0 bridgehead atoms. The van der Waals surface area contributed by atoms with E-state index in [4.69, 9.17) is 4.74 Å². The number of carbonyl (C=O) groups is 1. The van der Waals surface area contributed by atoms with Crippen molar-refractivity contribution in [3.8, 4) is 5.69 Å². The zero-order chi connectivity index (χ0) is 21.0. The van der Waals surface area contributed by atoms with Crippen LogP contribution in [0.1, 0.15) is 41.1 Å². The van der Waals surface area contributed by atoms with Gasteiger partial charge in [-0.2, -0.15) is 0 Å². The van der Waals surface area contributed by atoms with Crippen molar-refractivity contribution in [2.75, 3.05) is 11.9 Å². The van der Waals surface area contributed by atoms with E-state index in [2.05, 4.69) is 23.9 Å². The molecule has 0 fully saturated rings. The Morgan fingerprint density at radius 1 is 1.31 bits per heavy atom. The largest absolute Gasteiger partial charge is 0.462 e. The van der Waals surface area contributed by atoms with E-state index in [1.54, 1.807) is 13.1 Å². The number of anilines is 1. The van der Waals surface area contributed by atoms with Crippen molar-refractivity contribution in [3.63, 3.8) is 0 Å². The smallest absolute Gasteiger partial charge is 0.341 e. The lowest BCUT2D eigenvalue weighted by Gasteiger charge is -2.04. The number of thiophene rings is 1. The number of aromatic nitrogens is 2. The molecule has 0 aliphatic carbocycles. The normalized spacial score (nSPS) is 11.6. The van der Waals surface area contributed by atoms with Crippen molar-refractivity contribution < 1.29 is 9.53 Å². The summed E-state index contributed by atoms with van der Waals surface area (Å²) in [6.07, 6.45) is 3.47. The van der Waals surface area contributed by atoms with Crippen LogP contribution in [-0.2, 0) is 11.2 Å². The number of rotatable bonds is 7. The van der Waals surface area contributed by atoms with Crippen LogP contribution in [0.15, 0.2) is 35.1 Å². The van der Waals surface area contributed by atoms with Gasteiger partial charge in [0.05, 0.1) is 28.4 Å². The quantitative estimate of drug-likeness (QED) is 0.586. The fraction of sp³-hybridized carbons (Fsp3) is 0.273. The second kappa shape index (κ2) is 8.96. The molecule has 0 atom stereocenters. The van der Waals surface area contributed by atoms with E-state index in [0.717, 1.165) is 29.0 Å². The predicted octanol–water partition coefficient (Wildman–Crippen LogP) is 2.93. The lowest BCUT2D eigenvalue weighted by molar-refractivity contribution is 0.0527. The number of benzene rings is 1. The van der Waals surface area contributed by atoms with Gasteiger partial charge in [-0.25, -0.2) is 9.48 Å². The van der Waals surface area contributed by atoms with Gasteiger partial charge in [0.2, 0.25) is 0 Å². The number of hydrogen-bond acceptors (Lipinski definition) is 5. The molecule has 0 unspecified atom stereocenters. The molecule has 2 N–H and O–H groups in total. The summed E-state index contributed by atoms with van der Waals surface area (Å²) >= 11 is 1.52. The van der Waals surface area contributed by atoms with Crippen molar-refractivity contribution in [2.45, 2.75) is 33.6 Å². The number of carbonyl (C=O) groups excluding carboxylic acids is 1. The standard InChI is InChI=1S/C22H25N3O3S/c1-5-10-18-14(3)19(22(27)28-6-2)20(29-18)23-13-17-15(4)24-25(21(17)26)16-11-8-7-9-12-16/h7-9,11-13,23-24H,4-6,10H2,1-3H3/b17-13-. The summed E-state index contributed by atoms with van der Waals surface area (Å²) in [5, 5.41) is 7.73. The minimum Gasteiger partial charge on any atom is -0.462 e. The maximum atomic E-state index is 12.8. The average molecular weight is 412 g/mol. The summed E-state index contributed by atoms with van der Waals surface area (Å²) in [6, 6.07) is 9.30. The van der Waals surface area contributed by atoms with E-state index >= 15 is 0 Å². The number of hydrogen-bond donors (Lipinski definition) is 2. The van der Waals surface area contributed by atoms with Crippen LogP contribution < -0.4 is 21.4 Å². The van der Waals surface area contributed by atoms with Gasteiger partial charge >= 0.3 is 5.97 Å². The Kier molecular flexibility index (Phi) is 6.39. The molecule has 2 aromatic heterocycles. The van der Waals surface area contributed by atoms with Gasteiger partial charge in [-0.3, -0.25) is 9.89 Å². The zero-order valence-corrected chi connectivity index (χ0v) is 17.7. The Labute approximate surface area is 173 Å². The van der Waals surface area contributed by atoms with Gasteiger partial charge in [0, 0.05) is 11.1 Å². The molecule has 0 radical (unpaired) electrons. The van der Waals surface area contributed by atoms with Crippen molar-refractivity contribution in [2.24, 2.45) is 0 Å². The third-order valence-corrected chi connectivity index (χ3v) is 5.85. The Morgan fingerprint density at radius 3 is 2.69 bits per heavy atom. The van der Waals surface area contributed by atoms with Gasteiger partial charge in [-0.15, -0.1) is 11.3 Å². The highest BCUT2D eigenvalue weighted by atomic mass is 32.1. The van der Waals surface area contributed by atoms with Crippen molar-refractivity contribution in [3.05, 3.63) is 67.3 Å². The Morgan fingerprint density at radius 2 is 2.03 bits per heavy atom. The monoisotopic (exact) mass is 411 g/mol. The molecule has 152 valence electrons. The lowest BCUT2D eigenvalue weighted by Crippen LogP contribution is -2.34. The second-order valence-electron chi connectivity index (χ2n) is 6.59. The molecule has 3 rings (SSSR count). The minimum atomic E-state index is -0.356. The van der Waals surface area contributed by atoms with Crippen molar-refractivity contribution in [1.29, 1.82) is 0 Å². The van der Waals surface area contributed by atoms with E-state index in [-0.39, 0.29) is 11.5 Å². The van der Waals surface area contributed by atoms with Gasteiger partial charge < -0.3 is 10.1 Å². The van der Waals surface area contributed by atoms with Crippen LogP contribution in [0.4, 0.5) is 5.00 Å². The number of aryl methyl sites for hydroxylation is 1. The highest BCUT2D eigenvalue weighted by Gasteiger charge is 2.21. The zero-order valence-electron chi connectivity index (χ0n) is 16.9. The molecule has 0 saturated carbocycles. The van der Waals surface area contributed by atoms with Gasteiger partial charge in [0.1, 0.15) is 5.00 Å². The maximum Gasteiger partial charge on any atom is 0.341 e. The maximum absolute atomic E-state index is 12.8. The van der Waals surface area contributed by atoms with E-state index in [1.807, 2.05) is 37.3 Å². The number of nitrogens with one attached hydrogen (secondary N) is 2. The Balaban J connectivity index is 2.03. The fourth-order valence-electron chi connectivity index (χ4n) is 3.12. The first-order valence-electron chi connectivity index (χ1n) is 9.59. The first-order chi connectivity index (χ1) is 14.0. The van der Waals surface area contributed by atoms with Crippen LogP contribution in [0.25, 0.3) is 18.5 Å². The molecule has 7 heteroatoms. The van der Waals surface area contributed by atoms with Gasteiger partial charge in [0.25, 0.3) is 5.56 Å². The summed E-state index contributed by atoms with van der Waals surface area (Å²) in [7, 11) is 0. The predicted molar refractivity (Wildman–Crippen MR) is 118 cm³/mol. The molecule has 2 heterocycles. The topological polar surface area (TPSA) is 76.1 Å². The Bertz CT molecular complexity index is 1170. The van der Waals surface area contributed by atoms with Gasteiger partial charge in [0.15, 0.2) is 0 Å². The SMILES string of the molecule is C=c1[nH]n(-c2ccccc2)c(=O)/c1=C\Nc1sc(CCC)c(C)c1C(=O)OCC. The van der Waals surface area contributed by atoms with E-state index in [1.165, 1.54) is 16.0 Å². The number of ether oxygens (including phenoxy) is 1. The molecular formula is C22H25N3O3S. The molecule has 0 spiro atoms. The molecule has 0 amide bonds. The van der Waals surface area contributed by atoms with Gasteiger partial charge in [-0.05, 0) is 38.0 Å². The lowest BCUT2D eigenvalue weighted by atomic mass is 10.1. The van der Waals surface area contributed by atoms with E-state index in [0.29, 0.717) is 27.7 Å². The molecule has 6 nitrogen and oxygen atoms in total. The number of para-hydroxylation sites is 1. The van der Waals surface area contributed by atoms with Crippen LogP contribution in [-0.4, -0.2) is 22.4 Å². The second-order valence-corrected chi connectivity index (χ2v) is 7.70. The summed E-state index contributed by atoms with van der Waals surface area (Å²) in [5.74, 6) is -0.356. The summed E-state index contributed by atoms with van der Waals surface area (Å²) in [4.78, 5) is 26.5. The third-order valence-electron chi connectivity index (χ3n) is 4.57. The highest BCUT2D eigenvalue weighted by Crippen LogP contribution is 2.34.